The number of aromatic nitrogens is 4. The highest BCUT2D eigenvalue weighted by Gasteiger charge is 2.02. The number of nitrogens with one attached hydrogen (secondary N) is 1. The SMILES string of the molecule is Cn1cnc2c(=N)n(N)cnc21. The first-order chi connectivity index (χ1) is 5.70. The number of nitrogen functional groups attached to an aromatic ring is 1. The number of nitrogens with zero attached hydrogens (tertiary/aromatic N) is 4. The molecule has 2 heterocycles. The van der Waals surface area contributed by atoms with Gasteiger partial charge in [0.2, 0.25) is 0 Å². The summed E-state index contributed by atoms with van der Waals surface area (Å²) in [6, 6.07) is 0. The molecule has 0 spiro atoms. The first kappa shape index (κ1) is 6.84. The molecule has 2 aromatic heterocycles. The summed E-state index contributed by atoms with van der Waals surface area (Å²) in [5.74, 6) is 5.41. The largest absolute Gasteiger partial charge is 0.336 e. The van der Waals surface area contributed by atoms with E-state index in [9.17, 15) is 0 Å². The standard InChI is InChI=1S/C6H8N6/c1-11-2-9-4-5(7)12(8)3-10-6(4)11/h2-3,7H,8H2,1H3. The van der Waals surface area contributed by atoms with Gasteiger partial charge in [0, 0.05) is 7.05 Å². The molecule has 6 heteroatoms. The van der Waals surface area contributed by atoms with Crippen molar-refractivity contribution in [3.8, 4) is 0 Å². The third kappa shape index (κ3) is 0.714. The fraction of sp³-hybridized carbons (Fsp3) is 0.167. The van der Waals surface area contributed by atoms with Crippen molar-refractivity contribution in [3.63, 3.8) is 0 Å². The molecule has 3 N–H and O–H groups in total. The fourth-order valence-corrected chi connectivity index (χ4v) is 1.04. The molecular weight excluding hydrogens is 156 g/mol. The molecule has 0 aliphatic carbocycles. The lowest BCUT2D eigenvalue weighted by Crippen LogP contribution is -2.27. The van der Waals surface area contributed by atoms with Gasteiger partial charge >= 0.3 is 0 Å². The lowest BCUT2D eigenvalue weighted by Gasteiger charge is -1.97. The zero-order valence-electron chi connectivity index (χ0n) is 6.52. The minimum absolute atomic E-state index is 0.167. The third-order valence-electron chi connectivity index (χ3n) is 1.69. The molecule has 0 unspecified atom stereocenters. The molecule has 2 aromatic rings. The Morgan fingerprint density at radius 3 is 2.92 bits per heavy atom. The van der Waals surface area contributed by atoms with Crippen LogP contribution in [0.1, 0.15) is 0 Å². The van der Waals surface area contributed by atoms with Crippen molar-refractivity contribution in [3.05, 3.63) is 18.1 Å². The monoisotopic (exact) mass is 164 g/mol. The average molecular weight is 164 g/mol. The van der Waals surface area contributed by atoms with Gasteiger partial charge in [0.15, 0.2) is 16.7 Å². The van der Waals surface area contributed by atoms with E-state index >= 15 is 0 Å². The van der Waals surface area contributed by atoms with Crippen LogP contribution >= 0.6 is 0 Å². The van der Waals surface area contributed by atoms with E-state index in [1.807, 2.05) is 7.05 Å². The van der Waals surface area contributed by atoms with E-state index in [2.05, 4.69) is 9.97 Å². The first-order valence-electron chi connectivity index (χ1n) is 3.38. The zero-order chi connectivity index (χ0) is 8.72. The quantitative estimate of drug-likeness (QED) is 0.488. The number of nitrogens with two attached hydrogens (primary N) is 1. The molecule has 62 valence electrons. The summed E-state index contributed by atoms with van der Waals surface area (Å²) in [7, 11) is 1.82. The van der Waals surface area contributed by atoms with E-state index in [1.54, 1.807) is 10.9 Å². The first-order valence-corrected chi connectivity index (χ1v) is 3.38. The summed E-state index contributed by atoms with van der Waals surface area (Å²) in [6.07, 6.45) is 3.00. The minimum Gasteiger partial charge on any atom is -0.336 e. The lowest BCUT2D eigenvalue weighted by molar-refractivity contribution is 0.852. The van der Waals surface area contributed by atoms with Crippen LogP contribution in [0.15, 0.2) is 12.7 Å². The molecule has 0 saturated carbocycles. The molecule has 6 nitrogen and oxygen atoms in total. The third-order valence-corrected chi connectivity index (χ3v) is 1.69. The van der Waals surface area contributed by atoms with Gasteiger partial charge in [-0.15, -0.1) is 0 Å². The summed E-state index contributed by atoms with van der Waals surface area (Å²) in [6.45, 7) is 0. The Labute approximate surface area is 67.8 Å². The Hall–Kier alpha value is -1.85. The van der Waals surface area contributed by atoms with Crippen molar-refractivity contribution in [2.75, 3.05) is 5.84 Å². The summed E-state index contributed by atoms with van der Waals surface area (Å²) in [5, 5.41) is 7.52. The van der Waals surface area contributed by atoms with E-state index in [0.29, 0.717) is 11.2 Å². The molecule has 0 bridgehead atoms. The molecule has 0 aliphatic heterocycles. The highest BCUT2D eigenvalue weighted by molar-refractivity contribution is 5.68. The molecule has 0 aromatic carbocycles. The smallest absolute Gasteiger partial charge is 0.175 e. The van der Waals surface area contributed by atoms with Crippen LogP contribution in [0.3, 0.4) is 0 Å². The maximum Gasteiger partial charge on any atom is 0.175 e. The fourth-order valence-electron chi connectivity index (χ4n) is 1.04. The number of aryl methyl sites for hydroxylation is 1. The van der Waals surface area contributed by atoms with E-state index in [1.165, 1.54) is 6.33 Å². The Kier molecular flexibility index (Phi) is 1.18. The second-order valence-electron chi connectivity index (χ2n) is 2.53. The average Bonchev–Trinajstić information content (AvgIpc) is 2.41. The van der Waals surface area contributed by atoms with Crippen LogP contribution in [0.4, 0.5) is 0 Å². The predicted octanol–water partition coefficient (Wildman–Crippen LogP) is -1.04. The molecule has 0 atom stereocenters. The molecule has 0 aliphatic rings. The van der Waals surface area contributed by atoms with E-state index in [0.717, 1.165) is 4.68 Å². The van der Waals surface area contributed by atoms with Crippen LogP contribution in [-0.2, 0) is 7.05 Å². The summed E-state index contributed by atoms with van der Waals surface area (Å²) in [4.78, 5) is 8.01. The van der Waals surface area contributed by atoms with Crippen LogP contribution in [-0.4, -0.2) is 19.2 Å². The van der Waals surface area contributed by atoms with Gasteiger partial charge in [0.25, 0.3) is 0 Å². The van der Waals surface area contributed by atoms with Crippen LogP contribution < -0.4 is 11.3 Å². The van der Waals surface area contributed by atoms with Gasteiger partial charge in [-0.3, -0.25) is 5.41 Å². The van der Waals surface area contributed by atoms with E-state index in [4.69, 9.17) is 11.3 Å². The van der Waals surface area contributed by atoms with Crippen molar-refractivity contribution in [2.24, 2.45) is 7.05 Å². The van der Waals surface area contributed by atoms with Crippen molar-refractivity contribution in [1.82, 2.24) is 19.2 Å². The molecule has 0 saturated heterocycles. The number of fused-ring (bicyclic) bond motifs is 1. The van der Waals surface area contributed by atoms with E-state index < -0.39 is 0 Å². The number of imidazole rings is 1. The summed E-state index contributed by atoms with van der Waals surface area (Å²) >= 11 is 0. The molecule has 12 heavy (non-hydrogen) atoms. The normalized spacial score (nSPS) is 10.8. The van der Waals surface area contributed by atoms with Crippen molar-refractivity contribution in [2.45, 2.75) is 0 Å². The number of hydrogen-bond donors (Lipinski definition) is 2. The Bertz CT molecular complexity index is 478. The summed E-state index contributed by atoms with van der Waals surface area (Å²) < 4.78 is 2.88. The van der Waals surface area contributed by atoms with Crippen molar-refractivity contribution < 1.29 is 0 Å². The van der Waals surface area contributed by atoms with Gasteiger partial charge in [0.1, 0.15) is 6.33 Å². The maximum atomic E-state index is 7.52. The molecule has 2 rings (SSSR count). The Balaban J connectivity index is 3.03. The Morgan fingerprint density at radius 1 is 1.42 bits per heavy atom. The van der Waals surface area contributed by atoms with Crippen molar-refractivity contribution >= 4 is 11.2 Å². The number of rotatable bonds is 0. The Morgan fingerprint density at radius 2 is 2.17 bits per heavy atom. The highest BCUT2D eigenvalue weighted by atomic mass is 15.3. The lowest BCUT2D eigenvalue weighted by atomic mass is 10.5. The second kappa shape index (κ2) is 2.07. The molecule has 0 fully saturated rings. The minimum atomic E-state index is 0.167. The van der Waals surface area contributed by atoms with Crippen LogP contribution in [0.5, 0.6) is 0 Å². The topological polar surface area (TPSA) is 85.5 Å². The van der Waals surface area contributed by atoms with Crippen molar-refractivity contribution in [1.29, 1.82) is 5.41 Å². The van der Waals surface area contributed by atoms with Gasteiger partial charge in [-0.05, 0) is 0 Å². The van der Waals surface area contributed by atoms with Gasteiger partial charge < -0.3 is 10.4 Å². The van der Waals surface area contributed by atoms with Crippen LogP contribution in [0, 0.1) is 5.41 Å². The second-order valence-corrected chi connectivity index (χ2v) is 2.53. The van der Waals surface area contributed by atoms with E-state index in [-0.39, 0.29) is 5.49 Å². The zero-order valence-corrected chi connectivity index (χ0v) is 6.52. The van der Waals surface area contributed by atoms with Gasteiger partial charge in [-0.25, -0.2) is 14.6 Å². The van der Waals surface area contributed by atoms with Gasteiger partial charge in [-0.1, -0.05) is 0 Å². The highest BCUT2D eigenvalue weighted by Crippen LogP contribution is 1.99. The maximum absolute atomic E-state index is 7.52. The van der Waals surface area contributed by atoms with Crippen LogP contribution in [0.25, 0.3) is 11.2 Å². The summed E-state index contributed by atoms with van der Waals surface area (Å²) in [5.41, 5.74) is 1.35. The molecule has 0 radical (unpaired) electrons. The van der Waals surface area contributed by atoms with Gasteiger partial charge in [0.05, 0.1) is 6.33 Å². The molecular formula is C6H8N6. The molecule has 0 amide bonds. The van der Waals surface area contributed by atoms with Crippen LogP contribution in [0.2, 0.25) is 0 Å². The predicted molar refractivity (Wildman–Crippen MR) is 42.5 cm³/mol. The number of hydrogen-bond acceptors (Lipinski definition) is 4. The van der Waals surface area contributed by atoms with Gasteiger partial charge in [-0.2, -0.15) is 0 Å².